The second kappa shape index (κ2) is 3.88. The van der Waals surface area contributed by atoms with Gasteiger partial charge in [0.05, 0.1) is 0 Å². The molecule has 10 heavy (non-hydrogen) atoms. The zero-order valence-electron chi connectivity index (χ0n) is 6.08. The lowest BCUT2D eigenvalue weighted by molar-refractivity contribution is 0.110. The largest absolute Gasteiger partial charge is 0.377 e. The van der Waals surface area contributed by atoms with Gasteiger partial charge in [0.1, 0.15) is 6.23 Å². The van der Waals surface area contributed by atoms with E-state index in [1.165, 1.54) is 0 Å². The zero-order valence-corrected chi connectivity index (χ0v) is 6.08. The van der Waals surface area contributed by atoms with Crippen molar-refractivity contribution in [1.82, 2.24) is 10.2 Å². The van der Waals surface area contributed by atoms with Gasteiger partial charge in [-0.15, -0.1) is 0 Å². The topological polar surface area (TPSA) is 61.5 Å². The molecule has 1 heterocycles. The summed E-state index contributed by atoms with van der Waals surface area (Å²) in [5, 5.41) is 12.0. The van der Waals surface area contributed by atoms with Gasteiger partial charge in [0.25, 0.3) is 0 Å². The summed E-state index contributed by atoms with van der Waals surface area (Å²) in [7, 11) is 0. The van der Waals surface area contributed by atoms with Crippen molar-refractivity contribution in [2.24, 2.45) is 5.73 Å². The fourth-order valence-corrected chi connectivity index (χ4v) is 1.16. The minimum atomic E-state index is -0.682. The molecule has 1 unspecified atom stereocenters. The van der Waals surface area contributed by atoms with E-state index in [-0.39, 0.29) is 0 Å². The molecule has 4 nitrogen and oxygen atoms in total. The highest BCUT2D eigenvalue weighted by Crippen LogP contribution is 1.91. The number of rotatable bonds is 2. The van der Waals surface area contributed by atoms with E-state index in [2.05, 4.69) is 10.2 Å². The minimum Gasteiger partial charge on any atom is -0.377 e. The molecule has 1 fully saturated rings. The third-order valence-electron chi connectivity index (χ3n) is 1.65. The standard InChI is InChI=1S/C6H15N3O/c7-6(10)5-9-3-1-8-2-4-9/h6,8,10H,1-5,7H2. The molecule has 60 valence electrons. The van der Waals surface area contributed by atoms with Crippen LogP contribution < -0.4 is 11.1 Å². The summed E-state index contributed by atoms with van der Waals surface area (Å²) in [6, 6.07) is 0. The van der Waals surface area contributed by atoms with Crippen LogP contribution >= 0.6 is 0 Å². The molecule has 1 aliphatic heterocycles. The number of aliphatic hydroxyl groups is 1. The monoisotopic (exact) mass is 145 g/mol. The van der Waals surface area contributed by atoms with E-state index in [4.69, 9.17) is 10.8 Å². The van der Waals surface area contributed by atoms with Crippen molar-refractivity contribution in [1.29, 1.82) is 0 Å². The molecule has 0 radical (unpaired) electrons. The minimum absolute atomic E-state index is 0.599. The fourth-order valence-electron chi connectivity index (χ4n) is 1.16. The Morgan fingerprint density at radius 2 is 2.10 bits per heavy atom. The van der Waals surface area contributed by atoms with Crippen LogP contribution in [0.25, 0.3) is 0 Å². The summed E-state index contributed by atoms with van der Waals surface area (Å²) in [6.07, 6.45) is -0.682. The molecular weight excluding hydrogens is 130 g/mol. The predicted octanol–water partition coefficient (Wildman–Crippen LogP) is -1.83. The fraction of sp³-hybridized carbons (Fsp3) is 1.00. The Labute approximate surface area is 61.0 Å². The van der Waals surface area contributed by atoms with Crippen molar-refractivity contribution >= 4 is 0 Å². The van der Waals surface area contributed by atoms with Crippen LogP contribution in [0.15, 0.2) is 0 Å². The van der Waals surface area contributed by atoms with Crippen molar-refractivity contribution in [3.05, 3.63) is 0 Å². The van der Waals surface area contributed by atoms with E-state index in [0.717, 1.165) is 26.2 Å². The highest BCUT2D eigenvalue weighted by molar-refractivity contribution is 4.68. The molecule has 0 aromatic heterocycles. The van der Waals surface area contributed by atoms with E-state index in [1.807, 2.05) is 0 Å². The van der Waals surface area contributed by atoms with E-state index in [9.17, 15) is 0 Å². The van der Waals surface area contributed by atoms with Gasteiger partial charge in [-0.2, -0.15) is 0 Å². The van der Waals surface area contributed by atoms with Crippen LogP contribution in [0.3, 0.4) is 0 Å². The van der Waals surface area contributed by atoms with Gasteiger partial charge in [0.15, 0.2) is 0 Å². The summed E-state index contributed by atoms with van der Waals surface area (Å²) in [4.78, 5) is 2.15. The number of nitrogens with two attached hydrogens (primary N) is 1. The number of β-amino-alcohol motifs (C(OH)–C–C–N with tert-alkyl or cyclic N) is 1. The van der Waals surface area contributed by atoms with Gasteiger partial charge in [-0.3, -0.25) is 4.90 Å². The average Bonchev–Trinajstić information content (AvgIpc) is 1.88. The lowest BCUT2D eigenvalue weighted by Crippen LogP contribution is -2.47. The molecule has 0 aromatic carbocycles. The second-order valence-electron chi connectivity index (χ2n) is 2.62. The number of hydrogen-bond acceptors (Lipinski definition) is 4. The lowest BCUT2D eigenvalue weighted by atomic mass is 10.3. The summed E-state index contributed by atoms with van der Waals surface area (Å²) < 4.78 is 0. The number of piperazine rings is 1. The SMILES string of the molecule is NC(O)CN1CCNCC1. The van der Waals surface area contributed by atoms with Crippen LogP contribution in [0, 0.1) is 0 Å². The molecule has 0 aliphatic carbocycles. The molecule has 4 N–H and O–H groups in total. The lowest BCUT2D eigenvalue weighted by Gasteiger charge is -2.27. The Morgan fingerprint density at radius 1 is 1.50 bits per heavy atom. The molecule has 0 aromatic rings. The van der Waals surface area contributed by atoms with E-state index < -0.39 is 6.23 Å². The molecule has 0 spiro atoms. The highest BCUT2D eigenvalue weighted by Gasteiger charge is 2.10. The van der Waals surface area contributed by atoms with E-state index in [0.29, 0.717) is 6.54 Å². The van der Waals surface area contributed by atoms with Crippen LogP contribution in [0.4, 0.5) is 0 Å². The van der Waals surface area contributed by atoms with E-state index in [1.54, 1.807) is 0 Å². The molecule has 0 saturated carbocycles. The molecule has 1 rings (SSSR count). The van der Waals surface area contributed by atoms with Crippen LogP contribution in [-0.4, -0.2) is 49.0 Å². The molecule has 0 amide bonds. The number of aliphatic hydroxyl groups excluding tert-OH is 1. The maximum atomic E-state index is 8.82. The Hall–Kier alpha value is -0.160. The van der Waals surface area contributed by atoms with Gasteiger partial charge < -0.3 is 16.2 Å². The Morgan fingerprint density at radius 3 is 2.60 bits per heavy atom. The van der Waals surface area contributed by atoms with Gasteiger partial charge in [0.2, 0.25) is 0 Å². The van der Waals surface area contributed by atoms with Gasteiger partial charge in [-0.1, -0.05) is 0 Å². The summed E-state index contributed by atoms with van der Waals surface area (Å²) in [5.41, 5.74) is 5.22. The Bertz CT molecular complexity index is 91.0. The molecule has 0 bridgehead atoms. The third kappa shape index (κ3) is 2.62. The number of hydrogen-bond donors (Lipinski definition) is 3. The van der Waals surface area contributed by atoms with Gasteiger partial charge in [-0.25, -0.2) is 0 Å². The molecular formula is C6H15N3O. The van der Waals surface area contributed by atoms with E-state index >= 15 is 0 Å². The Kier molecular flexibility index (Phi) is 3.08. The summed E-state index contributed by atoms with van der Waals surface area (Å²) >= 11 is 0. The summed E-state index contributed by atoms with van der Waals surface area (Å²) in [6.45, 7) is 4.60. The van der Waals surface area contributed by atoms with Crippen molar-refractivity contribution in [2.75, 3.05) is 32.7 Å². The van der Waals surface area contributed by atoms with Crippen LogP contribution in [0.2, 0.25) is 0 Å². The first-order valence-electron chi connectivity index (χ1n) is 3.66. The van der Waals surface area contributed by atoms with Crippen molar-refractivity contribution in [2.45, 2.75) is 6.23 Å². The average molecular weight is 145 g/mol. The van der Waals surface area contributed by atoms with Crippen LogP contribution in [-0.2, 0) is 0 Å². The number of nitrogens with zero attached hydrogens (tertiary/aromatic N) is 1. The molecule has 1 aliphatic rings. The third-order valence-corrected chi connectivity index (χ3v) is 1.65. The van der Waals surface area contributed by atoms with Gasteiger partial charge in [-0.05, 0) is 0 Å². The highest BCUT2D eigenvalue weighted by atomic mass is 16.3. The first kappa shape index (κ1) is 7.94. The Balaban J connectivity index is 2.13. The summed E-state index contributed by atoms with van der Waals surface area (Å²) in [5.74, 6) is 0. The first-order chi connectivity index (χ1) is 4.79. The second-order valence-corrected chi connectivity index (χ2v) is 2.62. The maximum absolute atomic E-state index is 8.82. The molecule has 1 atom stereocenters. The van der Waals surface area contributed by atoms with Crippen molar-refractivity contribution in [3.63, 3.8) is 0 Å². The number of nitrogens with one attached hydrogen (secondary N) is 1. The van der Waals surface area contributed by atoms with Crippen molar-refractivity contribution < 1.29 is 5.11 Å². The van der Waals surface area contributed by atoms with Crippen LogP contribution in [0.1, 0.15) is 0 Å². The van der Waals surface area contributed by atoms with Crippen LogP contribution in [0.5, 0.6) is 0 Å². The predicted molar refractivity (Wildman–Crippen MR) is 39.5 cm³/mol. The smallest absolute Gasteiger partial charge is 0.115 e. The maximum Gasteiger partial charge on any atom is 0.115 e. The van der Waals surface area contributed by atoms with Gasteiger partial charge >= 0.3 is 0 Å². The first-order valence-corrected chi connectivity index (χ1v) is 3.66. The normalized spacial score (nSPS) is 24.6. The zero-order chi connectivity index (χ0) is 7.40. The van der Waals surface area contributed by atoms with Gasteiger partial charge in [0, 0.05) is 32.7 Å². The molecule has 4 heteroatoms. The van der Waals surface area contributed by atoms with Crippen molar-refractivity contribution in [3.8, 4) is 0 Å². The molecule has 1 saturated heterocycles. The quantitative estimate of drug-likeness (QED) is 0.400.